The van der Waals surface area contributed by atoms with Crippen molar-refractivity contribution in [1.29, 1.82) is 5.26 Å². The zero-order chi connectivity index (χ0) is 21.5. The Labute approximate surface area is 175 Å². The quantitative estimate of drug-likeness (QED) is 0.670. The number of nitriles is 1. The van der Waals surface area contributed by atoms with Crippen molar-refractivity contribution in [2.75, 3.05) is 7.11 Å². The lowest BCUT2D eigenvalue weighted by Crippen LogP contribution is -2.21. The predicted molar refractivity (Wildman–Crippen MR) is 115 cm³/mol. The van der Waals surface area contributed by atoms with Crippen LogP contribution in [0.2, 0.25) is 0 Å². The maximum absolute atomic E-state index is 9.85. The van der Waals surface area contributed by atoms with Crippen LogP contribution in [-0.2, 0) is 5.41 Å². The Balaban J connectivity index is 1.86. The van der Waals surface area contributed by atoms with E-state index < -0.39 is 0 Å². The van der Waals surface area contributed by atoms with E-state index in [0.29, 0.717) is 11.5 Å². The third kappa shape index (κ3) is 3.29. The van der Waals surface area contributed by atoms with E-state index in [1.807, 2.05) is 24.3 Å². The molecule has 6 nitrogen and oxygen atoms in total. The van der Waals surface area contributed by atoms with Crippen LogP contribution >= 0.6 is 0 Å². The molecule has 4 rings (SSSR count). The van der Waals surface area contributed by atoms with Gasteiger partial charge in [-0.2, -0.15) is 5.26 Å². The molecule has 6 heteroatoms. The second-order valence-electron chi connectivity index (χ2n) is 8.34. The summed E-state index contributed by atoms with van der Waals surface area (Å²) in [5, 5.41) is 17.2. The van der Waals surface area contributed by atoms with Crippen LogP contribution in [0.4, 0.5) is 0 Å². The van der Waals surface area contributed by atoms with Crippen molar-refractivity contribution in [3.63, 3.8) is 0 Å². The first-order valence-corrected chi connectivity index (χ1v) is 9.74. The van der Waals surface area contributed by atoms with E-state index in [2.05, 4.69) is 61.3 Å². The van der Waals surface area contributed by atoms with Crippen LogP contribution in [0.5, 0.6) is 11.6 Å². The highest BCUT2D eigenvalue weighted by molar-refractivity contribution is 5.71. The van der Waals surface area contributed by atoms with Gasteiger partial charge in [0.15, 0.2) is 0 Å². The number of nitrogens with one attached hydrogen (secondary N) is 1. The number of nitrogens with two attached hydrogens (primary N) is 1. The molecule has 1 aliphatic heterocycles. The maximum Gasteiger partial charge on any atom is 0.244 e. The number of benzene rings is 2. The summed E-state index contributed by atoms with van der Waals surface area (Å²) < 4.78 is 10.9. The Hall–Kier alpha value is -3.72. The van der Waals surface area contributed by atoms with Crippen molar-refractivity contribution < 1.29 is 9.47 Å². The number of methoxy groups -OCH3 is 1. The van der Waals surface area contributed by atoms with Gasteiger partial charge in [0.05, 0.1) is 24.3 Å². The monoisotopic (exact) mass is 400 g/mol. The molecule has 1 unspecified atom stereocenters. The molecule has 30 heavy (non-hydrogen) atoms. The van der Waals surface area contributed by atoms with E-state index >= 15 is 0 Å². The van der Waals surface area contributed by atoms with E-state index in [0.717, 1.165) is 28.1 Å². The summed E-state index contributed by atoms with van der Waals surface area (Å²) in [7, 11) is 1.63. The molecule has 2 heterocycles. The van der Waals surface area contributed by atoms with Gasteiger partial charge in [0.1, 0.15) is 17.4 Å². The van der Waals surface area contributed by atoms with E-state index in [-0.39, 0.29) is 17.2 Å². The summed E-state index contributed by atoms with van der Waals surface area (Å²) in [6, 6.07) is 18.2. The molecule has 0 radical (unpaired) electrons. The number of allylic oxidation sites excluding steroid dienone is 1. The number of nitrogens with zero attached hydrogens (tertiary/aromatic N) is 2. The van der Waals surface area contributed by atoms with Gasteiger partial charge in [0.25, 0.3) is 0 Å². The Bertz CT molecular complexity index is 1140. The summed E-state index contributed by atoms with van der Waals surface area (Å²) in [5.74, 6) is 0.869. The van der Waals surface area contributed by atoms with Crippen molar-refractivity contribution in [2.24, 2.45) is 5.73 Å². The second-order valence-corrected chi connectivity index (χ2v) is 8.34. The molecule has 0 saturated carbocycles. The zero-order valence-electron chi connectivity index (χ0n) is 17.5. The molecular formula is C24H24N4O2. The number of rotatable bonds is 3. The molecule has 0 amide bonds. The van der Waals surface area contributed by atoms with Gasteiger partial charge in [0.2, 0.25) is 11.8 Å². The first-order valence-electron chi connectivity index (χ1n) is 9.74. The Morgan fingerprint density at radius 3 is 2.33 bits per heavy atom. The van der Waals surface area contributed by atoms with Crippen molar-refractivity contribution in [3.8, 4) is 29.0 Å². The van der Waals surface area contributed by atoms with E-state index in [9.17, 15) is 5.26 Å². The van der Waals surface area contributed by atoms with Crippen molar-refractivity contribution in [1.82, 2.24) is 10.2 Å². The summed E-state index contributed by atoms with van der Waals surface area (Å²) in [6.45, 7) is 6.51. The van der Waals surface area contributed by atoms with Gasteiger partial charge < -0.3 is 15.2 Å². The van der Waals surface area contributed by atoms with Gasteiger partial charge in [0, 0.05) is 5.56 Å². The Kier molecular flexibility index (Phi) is 4.75. The van der Waals surface area contributed by atoms with Gasteiger partial charge in [-0.3, -0.25) is 5.10 Å². The Morgan fingerprint density at radius 1 is 1.10 bits per heavy atom. The number of hydrogen-bond acceptors (Lipinski definition) is 5. The van der Waals surface area contributed by atoms with Crippen LogP contribution in [0.15, 0.2) is 60.0 Å². The average molecular weight is 400 g/mol. The number of hydrogen-bond donors (Lipinski definition) is 2. The van der Waals surface area contributed by atoms with E-state index in [4.69, 9.17) is 15.2 Å². The lowest BCUT2D eigenvalue weighted by atomic mass is 9.81. The summed E-state index contributed by atoms with van der Waals surface area (Å²) in [5.41, 5.74) is 11.2. The van der Waals surface area contributed by atoms with Crippen LogP contribution in [0.25, 0.3) is 11.3 Å². The standard InChI is InChI=1S/C24H24N4O2/c1-24(2,3)16-9-5-14(6-10-16)19-18(13-25)22(26)30-23-20(19)21(27-28-23)15-7-11-17(29-4)12-8-15/h5-12,19H,26H2,1-4H3,(H,27,28). The second kappa shape index (κ2) is 7.27. The lowest BCUT2D eigenvalue weighted by molar-refractivity contribution is 0.379. The lowest BCUT2D eigenvalue weighted by Gasteiger charge is -2.25. The number of aromatic nitrogens is 2. The molecule has 0 fully saturated rings. The van der Waals surface area contributed by atoms with Crippen LogP contribution in [-0.4, -0.2) is 17.3 Å². The van der Waals surface area contributed by atoms with Crippen LogP contribution < -0.4 is 15.2 Å². The summed E-state index contributed by atoms with van der Waals surface area (Å²) >= 11 is 0. The van der Waals surface area contributed by atoms with Gasteiger partial charge in [-0.05, 0) is 40.8 Å². The maximum atomic E-state index is 9.85. The molecule has 0 aliphatic carbocycles. The zero-order valence-corrected chi connectivity index (χ0v) is 17.5. The van der Waals surface area contributed by atoms with E-state index in [1.165, 1.54) is 5.56 Å². The highest BCUT2D eigenvalue weighted by atomic mass is 16.5. The first-order chi connectivity index (χ1) is 14.3. The number of H-pyrrole nitrogens is 1. The van der Waals surface area contributed by atoms with Crippen LogP contribution in [0, 0.1) is 11.3 Å². The topological polar surface area (TPSA) is 97.0 Å². The van der Waals surface area contributed by atoms with E-state index in [1.54, 1.807) is 7.11 Å². The largest absolute Gasteiger partial charge is 0.497 e. The third-order valence-corrected chi connectivity index (χ3v) is 5.43. The van der Waals surface area contributed by atoms with Crippen molar-refractivity contribution >= 4 is 0 Å². The highest BCUT2D eigenvalue weighted by Crippen LogP contribution is 2.46. The molecule has 1 aliphatic rings. The fraction of sp³-hybridized carbons (Fsp3) is 0.250. The van der Waals surface area contributed by atoms with Crippen molar-refractivity contribution in [3.05, 3.63) is 76.7 Å². The SMILES string of the molecule is COc1ccc(-c2[nH]nc3c2C(c2ccc(C(C)(C)C)cc2)C(C#N)=C(N)O3)cc1. The minimum atomic E-state index is -0.372. The highest BCUT2D eigenvalue weighted by Gasteiger charge is 2.35. The van der Waals surface area contributed by atoms with Gasteiger partial charge in [-0.15, -0.1) is 5.10 Å². The number of fused-ring (bicyclic) bond motifs is 1. The Morgan fingerprint density at radius 2 is 1.77 bits per heavy atom. The van der Waals surface area contributed by atoms with Gasteiger partial charge in [-0.25, -0.2) is 0 Å². The predicted octanol–water partition coefficient (Wildman–Crippen LogP) is 4.60. The van der Waals surface area contributed by atoms with Crippen LogP contribution in [0.3, 0.4) is 0 Å². The molecule has 3 aromatic rings. The molecule has 0 saturated heterocycles. The fourth-order valence-corrected chi connectivity index (χ4v) is 3.73. The van der Waals surface area contributed by atoms with Gasteiger partial charge >= 0.3 is 0 Å². The number of aromatic amines is 1. The molecule has 0 bridgehead atoms. The molecular weight excluding hydrogens is 376 g/mol. The van der Waals surface area contributed by atoms with Crippen molar-refractivity contribution in [2.45, 2.75) is 32.1 Å². The molecule has 1 aromatic heterocycles. The molecule has 0 spiro atoms. The molecule has 1 atom stereocenters. The van der Waals surface area contributed by atoms with Gasteiger partial charge in [-0.1, -0.05) is 45.0 Å². The molecule has 2 aromatic carbocycles. The molecule has 3 N–H and O–H groups in total. The third-order valence-electron chi connectivity index (χ3n) is 5.43. The minimum absolute atomic E-state index is 0.0379. The summed E-state index contributed by atoms with van der Waals surface area (Å²) in [4.78, 5) is 0. The minimum Gasteiger partial charge on any atom is -0.497 e. The smallest absolute Gasteiger partial charge is 0.244 e. The number of ether oxygens (including phenoxy) is 2. The first kappa shape index (κ1) is 19.6. The fourth-order valence-electron chi connectivity index (χ4n) is 3.73. The molecule has 152 valence electrons. The van der Waals surface area contributed by atoms with Crippen LogP contribution in [0.1, 0.15) is 43.4 Å². The normalized spacial score (nSPS) is 15.9. The summed E-state index contributed by atoms with van der Waals surface area (Å²) in [6.07, 6.45) is 0. The average Bonchev–Trinajstić information content (AvgIpc) is 3.15.